The van der Waals surface area contributed by atoms with E-state index in [2.05, 4.69) is 0 Å². The van der Waals surface area contributed by atoms with Crippen LogP contribution in [0.15, 0.2) is 0 Å². The smallest absolute Gasteiger partial charge is 0.246 e. The maximum absolute atomic E-state index is 11.7. The van der Waals surface area contributed by atoms with E-state index in [1.54, 1.807) is 0 Å². The lowest BCUT2D eigenvalue weighted by Crippen LogP contribution is -2.36. The molecule has 0 saturated heterocycles. The molecule has 9 heavy (non-hydrogen) atoms. The summed E-state index contributed by atoms with van der Waals surface area (Å²) in [7, 11) is 0. The summed E-state index contributed by atoms with van der Waals surface area (Å²) < 4.78 is 52.5. The molecule has 0 aromatic heterocycles. The van der Waals surface area contributed by atoms with Gasteiger partial charge < -0.3 is 0 Å². The largest absolute Gasteiger partial charge is 0.435 e. The van der Waals surface area contributed by atoms with Gasteiger partial charge in [0.2, 0.25) is 0 Å². The van der Waals surface area contributed by atoms with Crippen molar-refractivity contribution in [1.82, 2.24) is 0 Å². The van der Waals surface area contributed by atoms with Gasteiger partial charge in [0.1, 0.15) is 6.67 Å². The van der Waals surface area contributed by atoms with Crippen LogP contribution in [0.2, 0.25) is 0 Å². The van der Waals surface area contributed by atoms with Gasteiger partial charge in [0.25, 0.3) is 4.58 Å². The predicted molar refractivity (Wildman–Crippen MR) is 24.8 cm³/mol. The van der Waals surface area contributed by atoms with E-state index in [1.807, 2.05) is 0 Å². The van der Waals surface area contributed by atoms with Crippen molar-refractivity contribution in [3.05, 3.63) is 0 Å². The highest BCUT2D eigenvalue weighted by Crippen LogP contribution is 2.39. The van der Waals surface area contributed by atoms with Crippen molar-refractivity contribution in [3.63, 3.8) is 0 Å². The van der Waals surface area contributed by atoms with Crippen LogP contribution < -0.4 is 0 Å². The highest BCUT2D eigenvalue weighted by atomic mass is 79.9. The third kappa shape index (κ3) is 2.08. The maximum atomic E-state index is 11.7. The zero-order chi connectivity index (χ0) is 7.71. The quantitative estimate of drug-likeness (QED) is 0.463. The molecule has 1 atom stereocenters. The van der Waals surface area contributed by atoms with E-state index in [0.29, 0.717) is 0 Å². The fourth-order valence-corrected chi connectivity index (χ4v) is 0.0758. The van der Waals surface area contributed by atoms with Crippen molar-refractivity contribution < 1.29 is 22.0 Å². The van der Waals surface area contributed by atoms with Crippen LogP contribution >= 0.6 is 15.9 Å². The third-order valence-corrected chi connectivity index (χ3v) is 1.24. The van der Waals surface area contributed by atoms with E-state index in [-0.39, 0.29) is 0 Å². The Morgan fingerprint density at radius 3 is 1.44 bits per heavy atom. The Morgan fingerprint density at radius 2 is 1.44 bits per heavy atom. The van der Waals surface area contributed by atoms with Crippen molar-refractivity contribution in [2.75, 3.05) is 6.67 Å². The van der Waals surface area contributed by atoms with Gasteiger partial charge in [-0.25, -0.2) is 8.78 Å². The average molecular weight is 213 g/mol. The van der Waals surface area contributed by atoms with Gasteiger partial charge in [0.15, 0.2) is 0 Å². The first kappa shape index (κ1) is 9.13. The zero-order valence-electron chi connectivity index (χ0n) is 3.97. The molecule has 0 heterocycles. The van der Waals surface area contributed by atoms with E-state index < -0.39 is 17.4 Å². The molecule has 0 nitrogen and oxygen atoms in total. The highest BCUT2D eigenvalue weighted by Gasteiger charge is 2.54. The van der Waals surface area contributed by atoms with Crippen LogP contribution in [0.25, 0.3) is 0 Å². The summed E-state index contributed by atoms with van der Waals surface area (Å²) in [5, 5.41) is 0. The van der Waals surface area contributed by atoms with Crippen molar-refractivity contribution in [1.29, 1.82) is 0 Å². The topological polar surface area (TPSA) is 0 Å². The van der Waals surface area contributed by atoms with Gasteiger partial charge in [0.05, 0.1) is 0 Å². The molecule has 0 amide bonds. The fraction of sp³-hybridized carbons (Fsp3) is 1.00. The second-order valence-corrected chi connectivity index (χ2v) is 2.59. The molecule has 0 aliphatic heterocycles. The summed E-state index contributed by atoms with van der Waals surface area (Å²) in [6, 6.07) is 0. The highest BCUT2D eigenvalue weighted by molar-refractivity contribution is 9.10. The Bertz CT molecular complexity index is 94.9. The Balaban J connectivity index is 4.14. The Morgan fingerprint density at radius 1 is 1.11 bits per heavy atom. The van der Waals surface area contributed by atoms with Crippen LogP contribution in [-0.4, -0.2) is 17.4 Å². The standard InChI is InChI=1S/C3H2BrF5/c4-2(6,1-5)3(7,8)9/h1H2/t2-/m1/s1. The zero-order valence-corrected chi connectivity index (χ0v) is 5.56. The van der Waals surface area contributed by atoms with Gasteiger partial charge in [-0.15, -0.1) is 0 Å². The lowest BCUT2D eigenvalue weighted by atomic mass is 10.4. The van der Waals surface area contributed by atoms with Gasteiger partial charge in [0, 0.05) is 0 Å². The van der Waals surface area contributed by atoms with Gasteiger partial charge in [-0.05, 0) is 15.9 Å². The molecule has 0 aliphatic carbocycles. The van der Waals surface area contributed by atoms with E-state index in [1.165, 1.54) is 15.9 Å². The fourth-order valence-electron chi connectivity index (χ4n) is 0.0758. The summed E-state index contributed by atoms with van der Waals surface area (Å²) in [6.45, 7) is -2.11. The maximum Gasteiger partial charge on any atom is 0.435 e. The van der Waals surface area contributed by atoms with Crippen LogP contribution in [-0.2, 0) is 0 Å². The SMILES string of the molecule is FC[C@](F)(Br)C(F)(F)F. The molecular weight excluding hydrogens is 211 g/mol. The van der Waals surface area contributed by atoms with Crippen LogP contribution in [0.3, 0.4) is 0 Å². The molecule has 0 aliphatic rings. The van der Waals surface area contributed by atoms with E-state index in [0.717, 1.165) is 0 Å². The average Bonchev–Trinajstić information content (AvgIpc) is 1.64. The molecule has 0 unspecified atom stereocenters. The van der Waals surface area contributed by atoms with Crippen LogP contribution in [0, 0.1) is 0 Å². The first-order valence-electron chi connectivity index (χ1n) is 1.82. The minimum Gasteiger partial charge on any atom is -0.246 e. The summed E-state index contributed by atoms with van der Waals surface area (Å²) in [5.41, 5.74) is 0. The number of alkyl halides is 6. The molecule has 0 radical (unpaired) electrons. The first-order valence-corrected chi connectivity index (χ1v) is 2.61. The predicted octanol–water partition coefficient (Wildman–Crippen LogP) is 2.58. The molecular formula is C3H2BrF5. The number of hydrogen-bond donors (Lipinski definition) is 0. The molecule has 6 heteroatoms. The molecule has 0 rings (SSSR count). The molecule has 0 aromatic carbocycles. The third-order valence-electron chi connectivity index (χ3n) is 0.583. The second kappa shape index (κ2) is 2.40. The molecule has 0 spiro atoms. The normalized spacial score (nSPS) is 19.3. The van der Waals surface area contributed by atoms with Crippen molar-refractivity contribution >= 4 is 15.9 Å². The summed E-state index contributed by atoms with van der Waals surface area (Å²) in [5.74, 6) is 0. The Labute approximate surface area is 56.2 Å². The Kier molecular flexibility index (Phi) is 2.43. The van der Waals surface area contributed by atoms with Crippen LogP contribution in [0.1, 0.15) is 0 Å². The minimum absolute atomic E-state index is 1.53. The van der Waals surface area contributed by atoms with Crippen molar-refractivity contribution in [2.45, 2.75) is 10.8 Å². The van der Waals surface area contributed by atoms with Crippen molar-refractivity contribution in [2.24, 2.45) is 0 Å². The van der Waals surface area contributed by atoms with Gasteiger partial charge in [-0.3, -0.25) is 0 Å². The van der Waals surface area contributed by atoms with Crippen LogP contribution in [0.4, 0.5) is 22.0 Å². The van der Waals surface area contributed by atoms with Crippen LogP contribution in [0.5, 0.6) is 0 Å². The molecule has 56 valence electrons. The number of rotatable bonds is 1. The van der Waals surface area contributed by atoms with Crippen molar-refractivity contribution in [3.8, 4) is 0 Å². The second-order valence-electron chi connectivity index (χ2n) is 1.34. The number of hydrogen-bond acceptors (Lipinski definition) is 0. The molecule has 0 fully saturated rings. The molecule has 0 N–H and O–H groups in total. The van der Waals surface area contributed by atoms with E-state index in [4.69, 9.17) is 0 Å². The van der Waals surface area contributed by atoms with Gasteiger partial charge >= 0.3 is 6.18 Å². The summed E-state index contributed by atoms with van der Waals surface area (Å²) in [6.07, 6.45) is -5.18. The van der Waals surface area contributed by atoms with E-state index >= 15 is 0 Å². The molecule has 0 saturated carbocycles. The minimum atomic E-state index is -5.18. The monoisotopic (exact) mass is 212 g/mol. The molecule has 0 bridgehead atoms. The summed E-state index contributed by atoms with van der Waals surface area (Å²) in [4.78, 5) is 0. The van der Waals surface area contributed by atoms with E-state index in [9.17, 15) is 22.0 Å². The van der Waals surface area contributed by atoms with Gasteiger partial charge in [-0.1, -0.05) is 0 Å². The Hall–Kier alpha value is 0.130. The lowest BCUT2D eigenvalue weighted by Gasteiger charge is -2.16. The van der Waals surface area contributed by atoms with Gasteiger partial charge in [-0.2, -0.15) is 13.2 Å². The molecule has 0 aromatic rings. The summed E-state index contributed by atoms with van der Waals surface area (Å²) >= 11 is 1.53. The first-order chi connectivity index (χ1) is 3.81. The number of halogens is 6. The lowest BCUT2D eigenvalue weighted by molar-refractivity contribution is -0.195.